The van der Waals surface area contributed by atoms with E-state index in [9.17, 15) is 0 Å². The average Bonchev–Trinajstić information content (AvgIpc) is 3.12. The summed E-state index contributed by atoms with van der Waals surface area (Å²) in [6, 6.07) is 6.44. The van der Waals surface area contributed by atoms with E-state index in [0.717, 1.165) is 23.6 Å². The van der Waals surface area contributed by atoms with E-state index in [4.69, 9.17) is 10.5 Å². The van der Waals surface area contributed by atoms with Crippen molar-refractivity contribution in [1.29, 1.82) is 0 Å². The molecule has 90 valence electrons. The number of H-pyrrole nitrogens is 1. The molecule has 0 aliphatic heterocycles. The Morgan fingerprint density at radius 2 is 2.29 bits per heavy atom. The van der Waals surface area contributed by atoms with Crippen molar-refractivity contribution in [3.05, 3.63) is 30.0 Å². The van der Waals surface area contributed by atoms with Crippen LogP contribution in [0.25, 0.3) is 10.9 Å². The van der Waals surface area contributed by atoms with E-state index < -0.39 is 0 Å². The van der Waals surface area contributed by atoms with Crippen LogP contribution >= 0.6 is 0 Å². The van der Waals surface area contributed by atoms with Crippen LogP contribution in [0.2, 0.25) is 0 Å². The van der Waals surface area contributed by atoms with Gasteiger partial charge in [0.25, 0.3) is 0 Å². The van der Waals surface area contributed by atoms with Gasteiger partial charge < -0.3 is 15.5 Å². The maximum atomic E-state index is 6.19. The molecule has 0 spiro atoms. The van der Waals surface area contributed by atoms with Gasteiger partial charge >= 0.3 is 0 Å². The summed E-state index contributed by atoms with van der Waals surface area (Å²) in [4.78, 5) is 3.29. The number of benzene rings is 1. The van der Waals surface area contributed by atoms with Crippen molar-refractivity contribution in [3.63, 3.8) is 0 Å². The molecule has 1 fully saturated rings. The van der Waals surface area contributed by atoms with Crippen LogP contribution in [-0.2, 0) is 6.42 Å². The van der Waals surface area contributed by atoms with Gasteiger partial charge in [-0.3, -0.25) is 0 Å². The highest BCUT2D eigenvalue weighted by molar-refractivity contribution is 5.88. The number of nitrogens with two attached hydrogens (primary N) is 1. The minimum atomic E-state index is 0.306. The van der Waals surface area contributed by atoms with Gasteiger partial charge in [0, 0.05) is 17.6 Å². The number of hydrogen-bond donors (Lipinski definition) is 2. The summed E-state index contributed by atoms with van der Waals surface area (Å²) in [5.74, 6) is 1.64. The third-order valence-corrected chi connectivity index (χ3v) is 3.67. The molecule has 0 bridgehead atoms. The highest BCUT2D eigenvalue weighted by atomic mass is 16.5. The van der Waals surface area contributed by atoms with Gasteiger partial charge in [-0.05, 0) is 36.8 Å². The number of ether oxygens (including phenoxy) is 1. The van der Waals surface area contributed by atoms with Crippen LogP contribution in [0.5, 0.6) is 5.75 Å². The lowest BCUT2D eigenvalue weighted by molar-refractivity contribution is 0.419. The maximum Gasteiger partial charge on any atom is 0.142 e. The van der Waals surface area contributed by atoms with Crippen LogP contribution in [-0.4, -0.2) is 18.1 Å². The average molecular weight is 230 g/mol. The normalized spacial score (nSPS) is 17.3. The first-order valence-corrected chi connectivity index (χ1v) is 6.18. The van der Waals surface area contributed by atoms with Gasteiger partial charge in [0.1, 0.15) is 5.75 Å². The van der Waals surface area contributed by atoms with E-state index in [2.05, 4.69) is 17.2 Å². The molecule has 1 aromatic heterocycles. The van der Waals surface area contributed by atoms with Crippen molar-refractivity contribution >= 4 is 10.9 Å². The summed E-state index contributed by atoms with van der Waals surface area (Å²) in [6.45, 7) is 0. The van der Waals surface area contributed by atoms with E-state index in [0.29, 0.717) is 6.04 Å². The third-order valence-electron chi connectivity index (χ3n) is 3.67. The first-order valence-electron chi connectivity index (χ1n) is 6.18. The van der Waals surface area contributed by atoms with Gasteiger partial charge in [0.2, 0.25) is 0 Å². The summed E-state index contributed by atoms with van der Waals surface area (Å²) in [5, 5.41) is 1.24. The smallest absolute Gasteiger partial charge is 0.142 e. The maximum absolute atomic E-state index is 6.19. The van der Waals surface area contributed by atoms with Crippen LogP contribution in [0.4, 0.5) is 0 Å². The molecule has 1 aromatic carbocycles. The van der Waals surface area contributed by atoms with Crippen molar-refractivity contribution in [2.75, 3.05) is 7.11 Å². The molecule has 1 saturated carbocycles. The summed E-state index contributed by atoms with van der Waals surface area (Å²) >= 11 is 0. The van der Waals surface area contributed by atoms with E-state index in [1.54, 1.807) is 7.11 Å². The van der Waals surface area contributed by atoms with Gasteiger partial charge in [0.15, 0.2) is 0 Å². The Morgan fingerprint density at radius 1 is 1.47 bits per heavy atom. The minimum absolute atomic E-state index is 0.306. The molecule has 3 nitrogen and oxygen atoms in total. The number of aromatic amines is 1. The fourth-order valence-corrected chi connectivity index (χ4v) is 2.47. The SMILES string of the molecule is COc1cccc2c(CC(N)C3CC3)c[nH]c12. The molecule has 1 aliphatic rings. The van der Waals surface area contributed by atoms with Crippen molar-refractivity contribution < 1.29 is 4.74 Å². The van der Waals surface area contributed by atoms with Crippen LogP contribution in [0, 0.1) is 5.92 Å². The Kier molecular flexibility index (Phi) is 2.56. The lowest BCUT2D eigenvalue weighted by Gasteiger charge is -2.09. The molecule has 1 unspecified atom stereocenters. The molecule has 0 saturated heterocycles. The Hall–Kier alpha value is -1.48. The summed E-state index contributed by atoms with van der Waals surface area (Å²) in [5.41, 5.74) is 8.57. The second kappa shape index (κ2) is 4.08. The molecule has 2 aromatic rings. The van der Waals surface area contributed by atoms with Gasteiger partial charge in [-0.1, -0.05) is 12.1 Å². The highest BCUT2D eigenvalue weighted by Crippen LogP contribution is 2.34. The predicted molar refractivity (Wildman–Crippen MR) is 69.3 cm³/mol. The molecule has 0 radical (unpaired) electrons. The largest absolute Gasteiger partial charge is 0.495 e. The number of fused-ring (bicyclic) bond motifs is 1. The van der Waals surface area contributed by atoms with Gasteiger partial charge in [-0.25, -0.2) is 0 Å². The Morgan fingerprint density at radius 3 is 3.00 bits per heavy atom. The third kappa shape index (κ3) is 1.91. The van der Waals surface area contributed by atoms with Crippen molar-refractivity contribution in [2.24, 2.45) is 11.7 Å². The van der Waals surface area contributed by atoms with Gasteiger partial charge in [-0.2, -0.15) is 0 Å². The zero-order valence-electron chi connectivity index (χ0n) is 10.1. The molecule has 17 heavy (non-hydrogen) atoms. The number of hydrogen-bond acceptors (Lipinski definition) is 2. The zero-order chi connectivity index (χ0) is 11.8. The number of aromatic nitrogens is 1. The number of rotatable bonds is 4. The van der Waals surface area contributed by atoms with Crippen LogP contribution in [0.15, 0.2) is 24.4 Å². The standard InChI is InChI=1S/C14H18N2O/c1-17-13-4-2-3-11-10(8-16-14(11)13)7-12(15)9-5-6-9/h2-4,8-9,12,16H,5-7,15H2,1H3. The molecular formula is C14H18N2O. The van der Waals surface area contributed by atoms with E-state index in [1.165, 1.54) is 23.8 Å². The second-order valence-corrected chi connectivity index (χ2v) is 4.90. The quantitative estimate of drug-likeness (QED) is 0.847. The van der Waals surface area contributed by atoms with E-state index >= 15 is 0 Å². The number of methoxy groups -OCH3 is 1. The summed E-state index contributed by atoms with van der Waals surface area (Å²) < 4.78 is 5.34. The Labute approximate surface area is 101 Å². The van der Waals surface area contributed by atoms with Crippen LogP contribution < -0.4 is 10.5 Å². The fraction of sp³-hybridized carbons (Fsp3) is 0.429. The molecule has 0 amide bonds. The predicted octanol–water partition coefficient (Wildman–Crippen LogP) is 2.46. The minimum Gasteiger partial charge on any atom is -0.495 e. The number of para-hydroxylation sites is 1. The topological polar surface area (TPSA) is 51.0 Å². The monoisotopic (exact) mass is 230 g/mol. The van der Waals surface area contributed by atoms with Gasteiger partial charge in [0.05, 0.1) is 12.6 Å². The first kappa shape index (κ1) is 10.7. The first-order chi connectivity index (χ1) is 8.29. The second-order valence-electron chi connectivity index (χ2n) is 4.90. The molecule has 3 rings (SSSR count). The van der Waals surface area contributed by atoms with E-state index in [1.807, 2.05) is 12.1 Å². The number of nitrogens with one attached hydrogen (secondary N) is 1. The highest BCUT2D eigenvalue weighted by Gasteiger charge is 2.28. The summed E-state index contributed by atoms with van der Waals surface area (Å²) in [7, 11) is 1.70. The van der Waals surface area contributed by atoms with E-state index in [-0.39, 0.29) is 0 Å². The fourth-order valence-electron chi connectivity index (χ4n) is 2.47. The van der Waals surface area contributed by atoms with Crippen molar-refractivity contribution in [3.8, 4) is 5.75 Å². The van der Waals surface area contributed by atoms with Gasteiger partial charge in [-0.15, -0.1) is 0 Å². The van der Waals surface area contributed by atoms with Crippen LogP contribution in [0.3, 0.4) is 0 Å². The molecule has 1 aliphatic carbocycles. The molecule has 1 heterocycles. The summed E-state index contributed by atoms with van der Waals surface area (Å²) in [6.07, 6.45) is 5.62. The van der Waals surface area contributed by atoms with Crippen molar-refractivity contribution in [1.82, 2.24) is 4.98 Å². The Balaban J connectivity index is 1.94. The van der Waals surface area contributed by atoms with Crippen molar-refractivity contribution in [2.45, 2.75) is 25.3 Å². The molecule has 1 atom stereocenters. The zero-order valence-corrected chi connectivity index (χ0v) is 10.1. The lowest BCUT2D eigenvalue weighted by atomic mass is 10.0. The van der Waals surface area contributed by atoms with Crippen LogP contribution in [0.1, 0.15) is 18.4 Å². The lowest BCUT2D eigenvalue weighted by Crippen LogP contribution is -2.24. The molecule has 3 N–H and O–H groups in total. The molecule has 3 heteroatoms. The molecular weight excluding hydrogens is 212 g/mol. The Bertz CT molecular complexity index is 528.